The number of nitrogens with two attached hydrogens (primary N) is 1. The van der Waals surface area contributed by atoms with Crippen LogP contribution in [0.4, 0.5) is 0 Å². The van der Waals surface area contributed by atoms with Crippen LogP contribution < -0.4 is 11.2 Å². The summed E-state index contributed by atoms with van der Waals surface area (Å²) in [6, 6.07) is 5.65. The van der Waals surface area contributed by atoms with Crippen molar-refractivity contribution in [2.45, 2.75) is 4.90 Å². The lowest BCUT2D eigenvalue weighted by Gasteiger charge is -2.00. The molecule has 0 aliphatic carbocycles. The lowest BCUT2D eigenvalue weighted by molar-refractivity contribution is 0.232. The molecule has 0 radical (unpaired) electrons. The number of hydrogen-bond acceptors (Lipinski definition) is 5. The summed E-state index contributed by atoms with van der Waals surface area (Å²) < 4.78 is 30.9. The van der Waals surface area contributed by atoms with Crippen LogP contribution in [0.15, 0.2) is 39.4 Å². The number of nitrogens with zero attached hydrogens (tertiary/aromatic N) is 2. The minimum absolute atomic E-state index is 0.143. The van der Waals surface area contributed by atoms with Gasteiger partial charge in [0.2, 0.25) is 5.96 Å². The molecule has 0 aliphatic heterocycles. The fraction of sp³-hybridized carbons (Fsp3) is 0. The summed E-state index contributed by atoms with van der Waals surface area (Å²) in [5.41, 5.74) is 6.75. The number of rotatable bonds is 3. The Balaban J connectivity index is 3.08. The summed E-state index contributed by atoms with van der Waals surface area (Å²) in [6.45, 7) is 0. The number of hydroxylamine groups is 1. The summed E-state index contributed by atoms with van der Waals surface area (Å²) in [4.78, 5) is -0.297. The van der Waals surface area contributed by atoms with Crippen molar-refractivity contribution in [1.29, 1.82) is 0 Å². The molecule has 0 saturated carbocycles. The zero-order valence-electron chi connectivity index (χ0n) is 8.48. The van der Waals surface area contributed by atoms with Crippen LogP contribution in [-0.4, -0.2) is 30.4 Å². The molecular formula is C8H10N4O4S. The van der Waals surface area contributed by atoms with Gasteiger partial charge in [-0.3, -0.25) is 9.76 Å². The summed E-state index contributed by atoms with van der Waals surface area (Å²) in [5.74, 6) is -0.356. The number of hydrogen-bond donors (Lipinski definition) is 4. The monoisotopic (exact) mass is 258 g/mol. The third-order valence-electron chi connectivity index (χ3n) is 1.67. The van der Waals surface area contributed by atoms with Gasteiger partial charge < -0.3 is 5.73 Å². The molecule has 0 amide bonds. The fourth-order valence-electron chi connectivity index (χ4n) is 0.998. The van der Waals surface area contributed by atoms with Gasteiger partial charge in [0, 0.05) is 5.56 Å². The summed E-state index contributed by atoms with van der Waals surface area (Å²) in [6.07, 6.45) is 1.08. The molecule has 0 saturated heterocycles. The van der Waals surface area contributed by atoms with Crippen LogP contribution in [-0.2, 0) is 10.1 Å². The highest BCUT2D eigenvalue weighted by atomic mass is 32.2. The molecule has 0 unspecified atom stereocenters. The highest BCUT2D eigenvalue weighted by Gasteiger charge is 2.12. The number of benzene rings is 1. The van der Waals surface area contributed by atoms with E-state index in [0.717, 1.165) is 6.21 Å². The maximum Gasteiger partial charge on any atom is 0.295 e. The van der Waals surface area contributed by atoms with E-state index in [0.29, 0.717) is 0 Å². The smallest absolute Gasteiger partial charge is 0.295 e. The molecule has 0 fully saturated rings. The molecule has 1 aromatic rings. The summed E-state index contributed by atoms with van der Waals surface area (Å²) in [7, 11) is -4.33. The molecule has 0 aliphatic rings. The lowest BCUT2D eigenvalue weighted by atomic mass is 10.2. The van der Waals surface area contributed by atoms with Crippen molar-refractivity contribution in [2.24, 2.45) is 15.9 Å². The second kappa shape index (κ2) is 5.39. The van der Waals surface area contributed by atoms with Crippen LogP contribution in [0.5, 0.6) is 0 Å². The first-order chi connectivity index (χ1) is 7.95. The third kappa shape index (κ3) is 3.83. The van der Waals surface area contributed by atoms with Crippen LogP contribution in [0.2, 0.25) is 0 Å². The van der Waals surface area contributed by atoms with E-state index in [9.17, 15) is 8.42 Å². The Bertz CT molecular complexity index is 552. The maximum absolute atomic E-state index is 11.0. The average Bonchev–Trinajstić information content (AvgIpc) is 2.28. The van der Waals surface area contributed by atoms with Crippen molar-refractivity contribution < 1.29 is 18.2 Å². The van der Waals surface area contributed by atoms with Crippen molar-refractivity contribution in [2.75, 3.05) is 0 Å². The quantitative estimate of drug-likeness (QED) is 0.251. The zero-order chi connectivity index (χ0) is 12.9. The van der Waals surface area contributed by atoms with Crippen molar-refractivity contribution >= 4 is 22.3 Å². The molecule has 0 spiro atoms. The molecule has 17 heavy (non-hydrogen) atoms. The molecule has 5 N–H and O–H groups in total. The second-order valence-corrected chi connectivity index (χ2v) is 4.24. The Labute approximate surface area is 97.2 Å². The van der Waals surface area contributed by atoms with Gasteiger partial charge in [0.15, 0.2) is 0 Å². The minimum atomic E-state index is -4.33. The largest absolute Gasteiger partial charge is 0.367 e. The van der Waals surface area contributed by atoms with E-state index in [-0.39, 0.29) is 16.4 Å². The maximum atomic E-state index is 11.0. The van der Waals surface area contributed by atoms with Crippen molar-refractivity contribution in [3.63, 3.8) is 0 Å². The number of guanidine groups is 1. The van der Waals surface area contributed by atoms with Gasteiger partial charge in [-0.1, -0.05) is 18.2 Å². The van der Waals surface area contributed by atoms with Gasteiger partial charge in [-0.15, -0.1) is 5.10 Å². The first kappa shape index (κ1) is 13.1. The van der Waals surface area contributed by atoms with E-state index in [2.05, 4.69) is 10.2 Å². The first-order valence-corrected chi connectivity index (χ1v) is 5.72. The van der Waals surface area contributed by atoms with E-state index in [1.807, 2.05) is 0 Å². The van der Waals surface area contributed by atoms with Crippen molar-refractivity contribution in [3.8, 4) is 0 Å². The molecule has 1 aromatic carbocycles. The van der Waals surface area contributed by atoms with Crippen LogP contribution in [0.3, 0.4) is 0 Å². The fourth-order valence-corrected chi connectivity index (χ4v) is 1.67. The van der Waals surface area contributed by atoms with E-state index < -0.39 is 10.1 Å². The van der Waals surface area contributed by atoms with Crippen molar-refractivity contribution in [1.82, 2.24) is 5.48 Å². The third-order valence-corrected chi connectivity index (χ3v) is 2.60. The van der Waals surface area contributed by atoms with Crippen LogP contribution in [0.1, 0.15) is 5.56 Å². The van der Waals surface area contributed by atoms with Crippen LogP contribution in [0, 0.1) is 0 Å². The van der Waals surface area contributed by atoms with E-state index in [1.54, 1.807) is 11.5 Å². The minimum Gasteiger partial charge on any atom is -0.367 e. The van der Waals surface area contributed by atoms with Gasteiger partial charge in [0.1, 0.15) is 4.90 Å². The molecule has 92 valence electrons. The molecule has 0 aromatic heterocycles. The van der Waals surface area contributed by atoms with Gasteiger partial charge in [0.05, 0.1) is 6.21 Å². The normalized spacial score (nSPS) is 12.9. The first-order valence-electron chi connectivity index (χ1n) is 4.28. The average molecular weight is 258 g/mol. The SMILES string of the molecule is N/C(=N/N=Cc1ccccc1S(=O)(=O)O)NO. The van der Waals surface area contributed by atoms with Crippen LogP contribution in [0.25, 0.3) is 0 Å². The molecule has 0 bridgehead atoms. The topological polar surface area (TPSA) is 137 Å². The highest BCUT2D eigenvalue weighted by Crippen LogP contribution is 2.12. The van der Waals surface area contributed by atoms with Crippen LogP contribution >= 0.6 is 0 Å². The van der Waals surface area contributed by atoms with Gasteiger partial charge in [-0.25, -0.2) is 5.48 Å². The summed E-state index contributed by atoms with van der Waals surface area (Å²) in [5, 5.41) is 15.0. The van der Waals surface area contributed by atoms with E-state index in [1.165, 1.54) is 18.2 Å². The molecule has 1 rings (SSSR count). The Morgan fingerprint density at radius 3 is 2.65 bits per heavy atom. The molecule has 9 heteroatoms. The van der Waals surface area contributed by atoms with E-state index in [4.69, 9.17) is 15.5 Å². The highest BCUT2D eigenvalue weighted by molar-refractivity contribution is 7.86. The Hall–Kier alpha value is -1.97. The number of nitrogens with one attached hydrogen (secondary N) is 1. The van der Waals surface area contributed by atoms with E-state index >= 15 is 0 Å². The summed E-state index contributed by atoms with van der Waals surface area (Å²) >= 11 is 0. The van der Waals surface area contributed by atoms with Gasteiger partial charge >= 0.3 is 0 Å². The molecule has 0 atom stereocenters. The van der Waals surface area contributed by atoms with Gasteiger partial charge in [-0.05, 0) is 6.07 Å². The molecule has 8 nitrogen and oxygen atoms in total. The van der Waals surface area contributed by atoms with Gasteiger partial charge in [0.25, 0.3) is 10.1 Å². The zero-order valence-corrected chi connectivity index (χ0v) is 9.29. The Morgan fingerprint density at radius 2 is 2.06 bits per heavy atom. The predicted molar refractivity (Wildman–Crippen MR) is 60.4 cm³/mol. The Kier molecular flexibility index (Phi) is 4.15. The lowest BCUT2D eigenvalue weighted by Crippen LogP contribution is -2.27. The molecular weight excluding hydrogens is 248 g/mol. The molecule has 0 heterocycles. The van der Waals surface area contributed by atoms with Crippen molar-refractivity contribution in [3.05, 3.63) is 29.8 Å². The standard InChI is InChI=1S/C8H10N4O4S/c9-8(12-13)11-10-5-6-3-1-2-4-7(6)17(14,15)16/h1-5,13H,(H3,9,11,12)(H,14,15,16). The Morgan fingerprint density at radius 1 is 1.41 bits per heavy atom. The predicted octanol–water partition coefficient (Wildman–Crippen LogP) is -0.439. The second-order valence-electron chi connectivity index (χ2n) is 2.85. The van der Waals surface area contributed by atoms with Gasteiger partial charge in [-0.2, -0.15) is 13.5 Å².